The first-order chi connectivity index (χ1) is 14.8. The Kier molecular flexibility index (Phi) is 6.29. The zero-order chi connectivity index (χ0) is 22.0. The first-order valence-corrected chi connectivity index (χ1v) is 11.9. The summed E-state index contributed by atoms with van der Waals surface area (Å²) in [4.78, 5) is 12.5. The lowest BCUT2D eigenvalue weighted by Gasteiger charge is -2.22. The number of sulfonamides is 1. The van der Waals surface area contributed by atoms with Crippen molar-refractivity contribution in [1.29, 1.82) is 0 Å². The minimum absolute atomic E-state index is 0.0593. The van der Waals surface area contributed by atoms with Gasteiger partial charge in [-0.15, -0.1) is 0 Å². The van der Waals surface area contributed by atoms with Gasteiger partial charge < -0.3 is 10.1 Å². The first kappa shape index (κ1) is 21.8. The van der Waals surface area contributed by atoms with Gasteiger partial charge in [0.25, 0.3) is 0 Å². The van der Waals surface area contributed by atoms with Crippen LogP contribution in [0.25, 0.3) is 10.9 Å². The van der Waals surface area contributed by atoms with E-state index in [1.807, 2.05) is 0 Å². The molecular formula is C21H23ClN4O4S. The molecule has 164 valence electrons. The summed E-state index contributed by atoms with van der Waals surface area (Å²) in [5.74, 6) is 0.0663. The van der Waals surface area contributed by atoms with Crippen LogP contribution in [-0.2, 0) is 32.5 Å². The maximum atomic E-state index is 12.6. The van der Waals surface area contributed by atoms with E-state index < -0.39 is 10.0 Å². The molecule has 3 aromatic rings. The van der Waals surface area contributed by atoms with Crippen molar-refractivity contribution in [2.24, 2.45) is 11.1 Å². The van der Waals surface area contributed by atoms with Gasteiger partial charge >= 0.3 is 0 Å². The maximum Gasteiger partial charge on any atom is 0.238 e. The topological polar surface area (TPSA) is 116 Å². The van der Waals surface area contributed by atoms with Gasteiger partial charge in [-0.3, -0.25) is 9.48 Å². The molecule has 0 spiro atoms. The van der Waals surface area contributed by atoms with Crippen LogP contribution in [0.15, 0.2) is 47.5 Å². The van der Waals surface area contributed by atoms with Crippen LogP contribution in [-0.4, -0.2) is 37.3 Å². The lowest BCUT2D eigenvalue weighted by Crippen LogP contribution is -2.21. The quantitative estimate of drug-likeness (QED) is 0.584. The molecule has 0 atom stereocenters. The van der Waals surface area contributed by atoms with Gasteiger partial charge in [-0.25, -0.2) is 13.6 Å². The highest BCUT2D eigenvalue weighted by atomic mass is 35.5. The van der Waals surface area contributed by atoms with Gasteiger partial charge in [0.2, 0.25) is 15.9 Å². The van der Waals surface area contributed by atoms with Crippen LogP contribution in [0.1, 0.15) is 18.4 Å². The molecule has 2 aromatic carbocycles. The minimum Gasteiger partial charge on any atom is -0.381 e. The lowest BCUT2D eigenvalue weighted by molar-refractivity contribution is -0.115. The van der Waals surface area contributed by atoms with Crippen molar-refractivity contribution in [1.82, 2.24) is 9.78 Å². The van der Waals surface area contributed by atoms with E-state index in [0.717, 1.165) is 12.8 Å². The number of rotatable bonds is 6. The molecule has 1 saturated heterocycles. The number of hydrogen-bond acceptors (Lipinski definition) is 5. The summed E-state index contributed by atoms with van der Waals surface area (Å²) in [5, 5.41) is 13.5. The zero-order valence-corrected chi connectivity index (χ0v) is 18.3. The molecule has 3 N–H and O–H groups in total. The van der Waals surface area contributed by atoms with E-state index in [0.29, 0.717) is 52.9 Å². The second-order valence-corrected chi connectivity index (χ2v) is 9.59. The average molecular weight is 463 g/mol. The number of fused-ring (bicyclic) bond motifs is 1. The van der Waals surface area contributed by atoms with Gasteiger partial charge in [-0.05, 0) is 42.5 Å². The molecular weight excluding hydrogens is 440 g/mol. The summed E-state index contributed by atoms with van der Waals surface area (Å²) in [6, 6.07) is 10.2. The number of ether oxygens (including phenoxy) is 1. The molecule has 0 unspecified atom stereocenters. The van der Waals surface area contributed by atoms with E-state index in [1.54, 1.807) is 35.0 Å². The van der Waals surface area contributed by atoms with Gasteiger partial charge in [0.15, 0.2) is 0 Å². The molecule has 1 fully saturated rings. The smallest absolute Gasteiger partial charge is 0.238 e. The Balaban J connectivity index is 1.65. The normalized spacial score (nSPS) is 15.3. The number of aromatic nitrogens is 2. The highest BCUT2D eigenvalue weighted by Gasteiger charge is 2.21. The molecule has 1 aromatic heterocycles. The van der Waals surface area contributed by atoms with E-state index in [9.17, 15) is 13.2 Å². The molecule has 2 heterocycles. The Morgan fingerprint density at radius 3 is 2.71 bits per heavy atom. The summed E-state index contributed by atoms with van der Waals surface area (Å²) >= 11 is 6.14. The zero-order valence-electron chi connectivity index (χ0n) is 16.8. The Morgan fingerprint density at radius 1 is 1.26 bits per heavy atom. The molecule has 0 saturated carbocycles. The van der Waals surface area contributed by atoms with Crippen LogP contribution in [0.4, 0.5) is 5.69 Å². The molecule has 0 aliphatic carbocycles. The number of hydrogen-bond donors (Lipinski definition) is 2. The number of carbonyl (C=O) groups excluding carboxylic acids is 1. The number of carbonyl (C=O) groups is 1. The van der Waals surface area contributed by atoms with Crippen LogP contribution >= 0.6 is 11.6 Å². The monoisotopic (exact) mass is 462 g/mol. The van der Waals surface area contributed by atoms with Crippen molar-refractivity contribution in [3.05, 3.63) is 53.2 Å². The Bertz CT molecular complexity index is 1220. The number of nitrogens with one attached hydrogen (secondary N) is 1. The Morgan fingerprint density at radius 2 is 2.00 bits per heavy atom. The number of anilines is 1. The van der Waals surface area contributed by atoms with Gasteiger partial charge in [0.05, 0.1) is 23.0 Å². The van der Waals surface area contributed by atoms with Crippen molar-refractivity contribution in [3.63, 3.8) is 0 Å². The third-order valence-corrected chi connectivity index (χ3v) is 6.72. The van der Waals surface area contributed by atoms with E-state index in [4.69, 9.17) is 21.5 Å². The van der Waals surface area contributed by atoms with Crippen LogP contribution in [0.5, 0.6) is 0 Å². The maximum absolute atomic E-state index is 12.6. The summed E-state index contributed by atoms with van der Waals surface area (Å²) in [6.45, 7) is 2.04. The van der Waals surface area contributed by atoms with E-state index >= 15 is 0 Å². The molecule has 31 heavy (non-hydrogen) atoms. The lowest BCUT2D eigenvalue weighted by atomic mass is 10.0. The third-order valence-electron chi connectivity index (χ3n) is 5.40. The Labute approximate surface area is 185 Å². The van der Waals surface area contributed by atoms with Gasteiger partial charge in [-0.2, -0.15) is 5.10 Å². The van der Waals surface area contributed by atoms with E-state index in [1.165, 1.54) is 12.3 Å². The SMILES string of the molecule is NS(=O)(=O)c1cc(NC(=O)Cc2ccccc2Cl)cc2c1cnn2CC1CCOCC1. The fourth-order valence-corrected chi connectivity index (χ4v) is 4.75. The number of benzene rings is 2. The summed E-state index contributed by atoms with van der Waals surface area (Å²) < 4.78 is 31.6. The van der Waals surface area contributed by atoms with E-state index in [2.05, 4.69) is 10.4 Å². The number of primary sulfonamides is 1. The number of nitrogens with zero attached hydrogens (tertiary/aromatic N) is 2. The fraction of sp³-hybridized carbons (Fsp3) is 0.333. The molecule has 1 aliphatic rings. The van der Waals surface area contributed by atoms with Crippen molar-refractivity contribution < 1.29 is 17.9 Å². The standard InChI is InChI=1S/C21H23ClN4O4S/c22-18-4-2-1-3-15(18)9-21(27)25-16-10-19-17(20(11-16)31(23,28)29)12-24-26(19)13-14-5-7-30-8-6-14/h1-4,10-12,14H,5-9,13H2,(H,25,27)(H2,23,28,29). The molecule has 10 heteroatoms. The van der Waals surface area contributed by atoms with Crippen molar-refractivity contribution in [3.8, 4) is 0 Å². The van der Waals surface area contributed by atoms with E-state index in [-0.39, 0.29) is 17.2 Å². The van der Waals surface area contributed by atoms with Crippen LogP contribution in [0, 0.1) is 5.92 Å². The van der Waals surface area contributed by atoms with Gasteiger partial charge in [0, 0.05) is 35.9 Å². The molecule has 1 aliphatic heterocycles. The van der Waals surface area contributed by atoms with Crippen molar-refractivity contribution >= 4 is 44.1 Å². The van der Waals surface area contributed by atoms with Crippen molar-refractivity contribution in [2.75, 3.05) is 18.5 Å². The summed E-state index contributed by atoms with van der Waals surface area (Å²) in [5.41, 5.74) is 1.62. The van der Waals surface area contributed by atoms with Crippen LogP contribution < -0.4 is 10.5 Å². The molecule has 8 nitrogen and oxygen atoms in total. The molecule has 0 bridgehead atoms. The highest BCUT2D eigenvalue weighted by molar-refractivity contribution is 7.89. The minimum atomic E-state index is -4.02. The van der Waals surface area contributed by atoms with Gasteiger partial charge in [-0.1, -0.05) is 29.8 Å². The Hall–Kier alpha value is -2.46. The second-order valence-electron chi connectivity index (χ2n) is 7.65. The number of amides is 1. The third kappa shape index (κ3) is 5.07. The molecule has 0 radical (unpaired) electrons. The number of nitrogens with two attached hydrogens (primary N) is 1. The number of halogens is 1. The predicted molar refractivity (Wildman–Crippen MR) is 118 cm³/mol. The largest absolute Gasteiger partial charge is 0.381 e. The summed E-state index contributed by atoms with van der Waals surface area (Å²) in [7, 11) is -4.02. The predicted octanol–water partition coefficient (Wildman–Crippen LogP) is 2.94. The van der Waals surface area contributed by atoms with Crippen molar-refractivity contribution in [2.45, 2.75) is 30.7 Å². The van der Waals surface area contributed by atoms with Crippen LogP contribution in [0.2, 0.25) is 5.02 Å². The first-order valence-electron chi connectivity index (χ1n) is 9.94. The van der Waals surface area contributed by atoms with Crippen LogP contribution in [0.3, 0.4) is 0 Å². The second kappa shape index (κ2) is 8.96. The fourth-order valence-electron chi connectivity index (χ4n) is 3.79. The molecule has 1 amide bonds. The summed E-state index contributed by atoms with van der Waals surface area (Å²) in [6.07, 6.45) is 3.39. The van der Waals surface area contributed by atoms with Gasteiger partial charge in [0.1, 0.15) is 0 Å². The molecule has 4 rings (SSSR count). The average Bonchev–Trinajstić information content (AvgIpc) is 3.12. The highest BCUT2D eigenvalue weighted by Crippen LogP contribution is 2.29.